The number of carbonyl (C=O) groups excluding carboxylic acids is 2. The van der Waals surface area contributed by atoms with Crippen molar-refractivity contribution in [3.05, 3.63) is 59.7 Å². The molecule has 1 aliphatic carbocycles. The van der Waals surface area contributed by atoms with E-state index in [1.54, 1.807) is 0 Å². The van der Waals surface area contributed by atoms with Crippen LogP contribution in [0.1, 0.15) is 43.7 Å². The Hall–Kier alpha value is -3.39. The number of hydrogen-bond donors (Lipinski definition) is 2. The number of fused-ring (bicyclic) bond motifs is 4. The van der Waals surface area contributed by atoms with E-state index in [1.165, 1.54) is 4.90 Å². The summed E-state index contributed by atoms with van der Waals surface area (Å²) in [6.45, 7) is 4.28. The predicted molar refractivity (Wildman–Crippen MR) is 128 cm³/mol. The molecule has 1 unspecified atom stereocenters. The van der Waals surface area contributed by atoms with Gasteiger partial charge in [-0.1, -0.05) is 62.4 Å². The number of nitrogens with one attached hydrogen (secondary N) is 1. The van der Waals surface area contributed by atoms with Gasteiger partial charge in [-0.05, 0) is 34.6 Å². The van der Waals surface area contributed by atoms with Crippen LogP contribution in [-0.4, -0.2) is 65.4 Å². The van der Waals surface area contributed by atoms with Crippen LogP contribution < -0.4 is 5.32 Å². The van der Waals surface area contributed by atoms with E-state index in [4.69, 9.17) is 9.47 Å². The van der Waals surface area contributed by atoms with Crippen LogP contribution >= 0.6 is 0 Å². The molecule has 0 radical (unpaired) electrons. The van der Waals surface area contributed by atoms with E-state index >= 15 is 0 Å². The van der Waals surface area contributed by atoms with E-state index in [9.17, 15) is 19.5 Å². The van der Waals surface area contributed by atoms with E-state index in [0.717, 1.165) is 22.3 Å². The molecule has 2 N–H and O–H groups in total. The molecule has 184 valence electrons. The van der Waals surface area contributed by atoms with Crippen molar-refractivity contribution < 1.29 is 29.0 Å². The van der Waals surface area contributed by atoms with Gasteiger partial charge in [0.05, 0.1) is 12.1 Å². The fourth-order valence-electron chi connectivity index (χ4n) is 5.72. The molecule has 2 fully saturated rings. The van der Waals surface area contributed by atoms with Gasteiger partial charge in [0.15, 0.2) is 0 Å². The topological polar surface area (TPSA) is 105 Å². The zero-order valence-electron chi connectivity index (χ0n) is 19.8. The predicted octanol–water partition coefficient (Wildman–Crippen LogP) is 3.39. The minimum Gasteiger partial charge on any atom is -0.480 e. The molecule has 2 saturated heterocycles. The summed E-state index contributed by atoms with van der Waals surface area (Å²) in [4.78, 5) is 39.6. The molecule has 2 aliphatic heterocycles. The number of aliphatic carboxylic acids is 1. The van der Waals surface area contributed by atoms with Crippen LogP contribution in [0.3, 0.4) is 0 Å². The van der Waals surface area contributed by atoms with Crippen molar-refractivity contribution in [2.45, 2.75) is 56.8 Å². The Morgan fingerprint density at radius 3 is 2.31 bits per heavy atom. The van der Waals surface area contributed by atoms with Crippen molar-refractivity contribution in [3.63, 3.8) is 0 Å². The van der Waals surface area contributed by atoms with Crippen molar-refractivity contribution in [1.29, 1.82) is 0 Å². The Bertz CT molecular complexity index is 1100. The lowest BCUT2D eigenvalue weighted by Crippen LogP contribution is -2.56. The number of benzene rings is 2. The highest BCUT2D eigenvalue weighted by Gasteiger charge is 2.51. The molecule has 8 nitrogen and oxygen atoms in total. The summed E-state index contributed by atoms with van der Waals surface area (Å²) >= 11 is 0. The Kier molecular flexibility index (Phi) is 6.23. The third-order valence-corrected chi connectivity index (χ3v) is 7.41. The van der Waals surface area contributed by atoms with Crippen LogP contribution in [0.5, 0.6) is 0 Å². The second-order valence-corrected chi connectivity index (χ2v) is 9.79. The van der Waals surface area contributed by atoms with Gasteiger partial charge in [-0.15, -0.1) is 0 Å². The van der Waals surface area contributed by atoms with E-state index < -0.39 is 30.1 Å². The molecule has 2 aromatic rings. The first-order chi connectivity index (χ1) is 16.9. The fraction of sp³-hybridized carbons (Fsp3) is 0.444. The number of amides is 2. The first kappa shape index (κ1) is 23.4. The summed E-state index contributed by atoms with van der Waals surface area (Å²) in [7, 11) is 0. The van der Waals surface area contributed by atoms with Gasteiger partial charge in [-0.3, -0.25) is 4.79 Å². The molecule has 5 rings (SSSR count). The lowest BCUT2D eigenvalue weighted by atomic mass is 9.98. The number of carboxylic acids is 1. The van der Waals surface area contributed by atoms with Gasteiger partial charge in [0.25, 0.3) is 0 Å². The molecule has 0 spiro atoms. The molecular formula is C27H30N2O6. The largest absolute Gasteiger partial charge is 0.480 e. The summed E-state index contributed by atoms with van der Waals surface area (Å²) in [5.74, 6) is -1.80. The zero-order chi connectivity index (χ0) is 24.7. The van der Waals surface area contributed by atoms with Crippen molar-refractivity contribution in [1.82, 2.24) is 10.2 Å². The standard InChI is InChI=1S/C27H30N2O6/c1-15(2)24(25(30)29-21-11-12-34-23(21)13-22(29)26(31)32)28-27(33)35-14-20-18-9-5-3-7-16(18)17-8-4-6-10-19(17)20/h3-10,15,20-24H,11-14H2,1-2H3,(H,28,33)(H,31,32)/t21-,22?,23-,24+/m0/s1. The van der Waals surface area contributed by atoms with Crippen LogP contribution in [0.15, 0.2) is 48.5 Å². The summed E-state index contributed by atoms with van der Waals surface area (Å²) in [6, 6.07) is 14.0. The van der Waals surface area contributed by atoms with Gasteiger partial charge in [0.1, 0.15) is 18.7 Å². The van der Waals surface area contributed by atoms with Crippen LogP contribution in [-0.2, 0) is 19.1 Å². The van der Waals surface area contributed by atoms with Crippen LogP contribution in [0.2, 0.25) is 0 Å². The maximum Gasteiger partial charge on any atom is 0.407 e. The van der Waals surface area contributed by atoms with Gasteiger partial charge in [0.2, 0.25) is 5.91 Å². The number of rotatable bonds is 6. The first-order valence-corrected chi connectivity index (χ1v) is 12.1. The van der Waals surface area contributed by atoms with Crippen molar-refractivity contribution in [3.8, 4) is 11.1 Å². The molecule has 3 aliphatic rings. The molecule has 0 bridgehead atoms. The Morgan fingerprint density at radius 2 is 1.71 bits per heavy atom. The average molecular weight is 479 g/mol. The van der Waals surface area contributed by atoms with Crippen LogP contribution in [0.4, 0.5) is 4.79 Å². The maximum atomic E-state index is 13.5. The summed E-state index contributed by atoms with van der Waals surface area (Å²) in [5, 5.41) is 12.4. The normalized spacial score (nSPS) is 23.5. The number of hydrogen-bond acceptors (Lipinski definition) is 5. The number of alkyl carbamates (subject to hydrolysis) is 1. The lowest BCUT2D eigenvalue weighted by Gasteiger charge is -2.32. The van der Waals surface area contributed by atoms with Crippen molar-refractivity contribution in [2.75, 3.05) is 13.2 Å². The molecular weight excluding hydrogens is 448 g/mol. The molecule has 4 atom stereocenters. The second-order valence-electron chi connectivity index (χ2n) is 9.79. The summed E-state index contributed by atoms with van der Waals surface area (Å²) in [5.41, 5.74) is 4.47. The van der Waals surface area contributed by atoms with E-state index in [-0.39, 0.29) is 37.0 Å². The smallest absolute Gasteiger partial charge is 0.407 e. The Morgan fingerprint density at radius 1 is 1.09 bits per heavy atom. The van der Waals surface area contributed by atoms with Crippen LogP contribution in [0, 0.1) is 5.92 Å². The van der Waals surface area contributed by atoms with Gasteiger partial charge >= 0.3 is 12.1 Å². The minimum absolute atomic E-state index is 0.0901. The second kappa shape index (κ2) is 9.34. The van der Waals surface area contributed by atoms with Gasteiger partial charge in [-0.2, -0.15) is 0 Å². The van der Waals surface area contributed by atoms with Gasteiger partial charge in [-0.25, -0.2) is 9.59 Å². The molecule has 2 heterocycles. The van der Waals surface area contributed by atoms with E-state index in [0.29, 0.717) is 13.0 Å². The summed E-state index contributed by atoms with van der Waals surface area (Å²) in [6.07, 6.45) is -0.108. The summed E-state index contributed by atoms with van der Waals surface area (Å²) < 4.78 is 11.3. The number of likely N-dealkylation sites (tertiary alicyclic amines) is 1. The Balaban J connectivity index is 1.29. The van der Waals surface area contributed by atoms with Gasteiger partial charge < -0.3 is 24.8 Å². The highest BCUT2D eigenvalue weighted by atomic mass is 16.5. The molecule has 2 aromatic carbocycles. The minimum atomic E-state index is -1.06. The number of ether oxygens (including phenoxy) is 2. The third-order valence-electron chi connectivity index (χ3n) is 7.41. The zero-order valence-corrected chi connectivity index (χ0v) is 19.8. The molecule has 35 heavy (non-hydrogen) atoms. The highest BCUT2D eigenvalue weighted by Crippen LogP contribution is 2.44. The molecule has 0 saturated carbocycles. The quantitative estimate of drug-likeness (QED) is 0.660. The number of nitrogens with zero attached hydrogens (tertiary/aromatic N) is 1. The van der Waals surface area contributed by atoms with Gasteiger partial charge in [0, 0.05) is 18.9 Å². The molecule has 0 aromatic heterocycles. The molecule has 8 heteroatoms. The SMILES string of the molecule is CC(C)[C@@H](NC(=O)OCC1c2ccccc2-c2ccccc21)C(=O)N1C(C(=O)O)C[C@@H]2OCC[C@@H]21. The van der Waals surface area contributed by atoms with Crippen molar-refractivity contribution >= 4 is 18.0 Å². The maximum absolute atomic E-state index is 13.5. The van der Waals surface area contributed by atoms with Crippen LogP contribution in [0.25, 0.3) is 11.1 Å². The number of carbonyl (C=O) groups is 3. The van der Waals surface area contributed by atoms with E-state index in [2.05, 4.69) is 17.4 Å². The third kappa shape index (κ3) is 4.16. The number of carboxylic acid groups (broad SMARTS) is 1. The monoisotopic (exact) mass is 478 g/mol. The lowest BCUT2D eigenvalue weighted by molar-refractivity contribution is -0.151. The Labute approximate surface area is 204 Å². The fourth-order valence-corrected chi connectivity index (χ4v) is 5.72. The average Bonchev–Trinajstić information content (AvgIpc) is 3.52. The van der Waals surface area contributed by atoms with E-state index in [1.807, 2.05) is 50.2 Å². The highest BCUT2D eigenvalue weighted by molar-refractivity contribution is 5.90. The first-order valence-electron chi connectivity index (χ1n) is 12.1. The molecule has 2 amide bonds. The van der Waals surface area contributed by atoms with Crippen molar-refractivity contribution in [2.24, 2.45) is 5.92 Å².